The molecule has 1 aliphatic rings. The van der Waals surface area contributed by atoms with Crippen LogP contribution in [-0.4, -0.2) is 39.2 Å². The molecule has 8 nitrogen and oxygen atoms in total. The number of hydrogen-bond donors (Lipinski definition) is 1. The molecule has 8 heteroatoms. The zero-order chi connectivity index (χ0) is 21.1. The first-order chi connectivity index (χ1) is 13.9. The van der Waals surface area contributed by atoms with E-state index in [0.29, 0.717) is 28.5 Å². The van der Waals surface area contributed by atoms with Crippen molar-refractivity contribution in [3.8, 4) is 17.2 Å². The number of nitrogens with one attached hydrogen (secondary N) is 1. The van der Waals surface area contributed by atoms with Gasteiger partial charge in [0.1, 0.15) is 11.3 Å². The maximum atomic E-state index is 13.0. The van der Waals surface area contributed by atoms with Crippen LogP contribution in [0.4, 0.5) is 10.5 Å². The van der Waals surface area contributed by atoms with E-state index in [4.69, 9.17) is 14.2 Å². The summed E-state index contributed by atoms with van der Waals surface area (Å²) >= 11 is 0. The molecule has 0 saturated carbocycles. The van der Waals surface area contributed by atoms with Crippen LogP contribution >= 0.6 is 0 Å². The number of rotatable bonds is 5. The Kier molecular flexibility index (Phi) is 5.54. The fourth-order valence-electron chi connectivity index (χ4n) is 2.93. The number of carbonyl (C=O) groups excluding carboxylic acids is 3. The van der Waals surface area contributed by atoms with Crippen molar-refractivity contribution in [3.63, 3.8) is 0 Å². The van der Waals surface area contributed by atoms with Gasteiger partial charge in [-0.05, 0) is 60.5 Å². The Morgan fingerprint density at radius 1 is 0.897 bits per heavy atom. The number of aryl methyl sites for hydroxylation is 1. The van der Waals surface area contributed by atoms with Crippen LogP contribution in [0.5, 0.6) is 17.2 Å². The van der Waals surface area contributed by atoms with E-state index >= 15 is 0 Å². The maximum absolute atomic E-state index is 13.0. The lowest BCUT2D eigenvalue weighted by Crippen LogP contribution is -2.54. The van der Waals surface area contributed by atoms with Gasteiger partial charge in [-0.2, -0.15) is 0 Å². The summed E-state index contributed by atoms with van der Waals surface area (Å²) in [6, 6.07) is 8.95. The highest BCUT2D eigenvalue weighted by Crippen LogP contribution is 2.32. The average Bonchev–Trinajstić information content (AvgIpc) is 2.72. The first kappa shape index (κ1) is 19.9. The highest BCUT2D eigenvalue weighted by atomic mass is 16.5. The van der Waals surface area contributed by atoms with E-state index in [2.05, 4.69) is 5.32 Å². The second-order valence-corrected chi connectivity index (χ2v) is 6.22. The molecule has 1 N–H and O–H groups in total. The zero-order valence-corrected chi connectivity index (χ0v) is 16.4. The Morgan fingerprint density at radius 3 is 2.10 bits per heavy atom. The first-order valence-corrected chi connectivity index (χ1v) is 8.67. The fourth-order valence-corrected chi connectivity index (χ4v) is 2.93. The monoisotopic (exact) mass is 396 g/mol. The van der Waals surface area contributed by atoms with E-state index in [0.717, 1.165) is 10.5 Å². The van der Waals surface area contributed by atoms with E-state index in [1.807, 2.05) is 6.92 Å². The van der Waals surface area contributed by atoms with Gasteiger partial charge >= 0.3 is 6.03 Å². The van der Waals surface area contributed by atoms with Crippen LogP contribution in [0.25, 0.3) is 6.08 Å². The average molecular weight is 396 g/mol. The van der Waals surface area contributed by atoms with Crippen LogP contribution in [-0.2, 0) is 9.59 Å². The molecule has 0 spiro atoms. The summed E-state index contributed by atoms with van der Waals surface area (Å²) in [6.45, 7) is 1.81. The smallest absolute Gasteiger partial charge is 0.335 e. The number of benzene rings is 2. The standard InChI is InChI=1S/C21H20N2O6/c1-12-9-17(28-3)18(29-4)11-13(12)10-16-19(24)22-21(26)23(20(16)25)14-5-7-15(27-2)8-6-14/h5-11H,1-4H3,(H,22,24,26). The quantitative estimate of drug-likeness (QED) is 0.617. The number of methoxy groups -OCH3 is 3. The SMILES string of the molecule is COc1ccc(N2C(=O)NC(=O)C(=Cc3cc(OC)c(OC)cc3C)C2=O)cc1. The van der Waals surface area contributed by atoms with Gasteiger partial charge in [0.2, 0.25) is 0 Å². The Hall–Kier alpha value is -3.81. The van der Waals surface area contributed by atoms with Crippen molar-refractivity contribution < 1.29 is 28.6 Å². The Morgan fingerprint density at radius 2 is 1.52 bits per heavy atom. The second kappa shape index (κ2) is 8.05. The van der Waals surface area contributed by atoms with Gasteiger partial charge in [-0.1, -0.05) is 0 Å². The molecule has 150 valence electrons. The Labute approximate surface area is 167 Å². The van der Waals surface area contributed by atoms with Gasteiger partial charge in [0.05, 0.1) is 27.0 Å². The van der Waals surface area contributed by atoms with Gasteiger partial charge in [0.15, 0.2) is 11.5 Å². The molecule has 1 saturated heterocycles. The van der Waals surface area contributed by atoms with Crippen LogP contribution in [0, 0.1) is 6.92 Å². The summed E-state index contributed by atoms with van der Waals surface area (Å²) < 4.78 is 15.6. The van der Waals surface area contributed by atoms with Gasteiger partial charge in [-0.3, -0.25) is 14.9 Å². The third-order valence-electron chi connectivity index (χ3n) is 4.50. The lowest BCUT2D eigenvalue weighted by molar-refractivity contribution is -0.122. The van der Waals surface area contributed by atoms with Gasteiger partial charge in [0, 0.05) is 0 Å². The number of imide groups is 2. The summed E-state index contributed by atoms with van der Waals surface area (Å²) in [5.41, 5.74) is 1.50. The topological polar surface area (TPSA) is 94.2 Å². The van der Waals surface area contributed by atoms with E-state index in [1.54, 1.807) is 36.4 Å². The molecule has 2 aromatic rings. The number of urea groups is 1. The predicted molar refractivity (Wildman–Crippen MR) is 106 cm³/mol. The molecule has 0 bridgehead atoms. The number of carbonyl (C=O) groups is 3. The third-order valence-corrected chi connectivity index (χ3v) is 4.50. The van der Waals surface area contributed by atoms with Crippen LogP contribution in [0.1, 0.15) is 11.1 Å². The van der Waals surface area contributed by atoms with E-state index in [1.165, 1.54) is 27.4 Å². The van der Waals surface area contributed by atoms with Crippen molar-refractivity contribution in [1.82, 2.24) is 5.32 Å². The van der Waals surface area contributed by atoms with Crippen LogP contribution < -0.4 is 24.4 Å². The summed E-state index contributed by atoms with van der Waals surface area (Å²) in [7, 11) is 4.53. The number of amides is 4. The number of anilines is 1. The molecule has 4 amide bonds. The molecule has 2 aromatic carbocycles. The Balaban J connectivity index is 2.03. The molecular formula is C21H20N2O6. The van der Waals surface area contributed by atoms with Gasteiger partial charge in [-0.15, -0.1) is 0 Å². The van der Waals surface area contributed by atoms with Crippen molar-refractivity contribution in [1.29, 1.82) is 0 Å². The number of ether oxygens (including phenoxy) is 3. The number of barbiturate groups is 1. The fraction of sp³-hybridized carbons (Fsp3) is 0.190. The van der Waals surface area contributed by atoms with Crippen LogP contribution in [0.15, 0.2) is 42.0 Å². The molecule has 3 rings (SSSR count). The molecular weight excluding hydrogens is 376 g/mol. The molecule has 0 aromatic heterocycles. The highest BCUT2D eigenvalue weighted by Gasteiger charge is 2.37. The lowest BCUT2D eigenvalue weighted by Gasteiger charge is -2.26. The highest BCUT2D eigenvalue weighted by molar-refractivity contribution is 6.39. The minimum atomic E-state index is -0.814. The molecule has 1 fully saturated rings. The molecule has 0 unspecified atom stereocenters. The number of nitrogens with zero attached hydrogens (tertiary/aromatic N) is 1. The normalized spacial score (nSPS) is 15.4. The molecule has 0 radical (unpaired) electrons. The van der Waals surface area contributed by atoms with Gasteiger partial charge in [-0.25, -0.2) is 9.69 Å². The van der Waals surface area contributed by atoms with Crippen LogP contribution in [0.2, 0.25) is 0 Å². The van der Waals surface area contributed by atoms with E-state index in [9.17, 15) is 14.4 Å². The molecule has 1 heterocycles. The van der Waals surface area contributed by atoms with Crippen LogP contribution in [0.3, 0.4) is 0 Å². The van der Waals surface area contributed by atoms with Gasteiger partial charge in [0.25, 0.3) is 11.8 Å². The van der Waals surface area contributed by atoms with Crippen molar-refractivity contribution in [3.05, 3.63) is 53.1 Å². The second-order valence-electron chi connectivity index (χ2n) is 6.22. The summed E-state index contributed by atoms with van der Waals surface area (Å²) in [5.74, 6) is 0.0711. The molecule has 0 aliphatic carbocycles. The summed E-state index contributed by atoms with van der Waals surface area (Å²) in [6.07, 6.45) is 1.43. The van der Waals surface area contributed by atoms with Crippen molar-refractivity contribution >= 4 is 29.6 Å². The van der Waals surface area contributed by atoms with Gasteiger partial charge < -0.3 is 14.2 Å². The molecule has 1 aliphatic heterocycles. The Bertz CT molecular complexity index is 1010. The summed E-state index contributed by atoms with van der Waals surface area (Å²) in [5, 5.41) is 2.20. The minimum absolute atomic E-state index is 0.171. The third kappa shape index (κ3) is 3.77. The zero-order valence-electron chi connectivity index (χ0n) is 16.4. The first-order valence-electron chi connectivity index (χ1n) is 8.67. The predicted octanol–water partition coefficient (Wildman–Crippen LogP) is 2.69. The van der Waals surface area contributed by atoms with Crippen molar-refractivity contribution in [2.75, 3.05) is 26.2 Å². The molecule has 29 heavy (non-hydrogen) atoms. The largest absolute Gasteiger partial charge is 0.497 e. The number of hydrogen-bond acceptors (Lipinski definition) is 6. The van der Waals surface area contributed by atoms with E-state index in [-0.39, 0.29) is 5.57 Å². The van der Waals surface area contributed by atoms with Crippen molar-refractivity contribution in [2.24, 2.45) is 0 Å². The van der Waals surface area contributed by atoms with E-state index < -0.39 is 17.8 Å². The molecule has 0 atom stereocenters. The summed E-state index contributed by atoms with van der Waals surface area (Å²) in [4.78, 5) is 38.5. The maximum Gasteiger partial charge on any atom is 0.335 e. The lowest BCUT2D eigenvalue weighted by atomic mass is 10.0. The van der Waals surface area contributed by atoms with Crippen molar-refractivity contribution in [2.45, 2.75) is 6.92 Å². The minimum Gasteiger partial charge on any atom is -0.497 e.